The predicted octanol–water partition coefficient (Wildman–Crippen LogP) is 1.39. The molecule has 0 atom stereocenters. The number of nitrogens with two attached hydrogens (primary N) is 1. The average Bonchev–Trinajstić information content (AvgIpc) is 2.87. The van der Waals surface area contributed by atoms with Gasteiger partial charge in [0.05, 0.1) is 6.26 Å². The molecule has 14 heavy (non-hydrogen) atoms. The molecule has 0 radical (unpaired) electrons. The first-order valence-corrected chi connectivity index (χ1v) is 4.49. The Kier molecular flexibility index (Phi) is 1.29. The van der Waals surface area contributed by atoms with E-state index in [2.05, 4.69) is 9.97 Å². The van der Waals surface area contributed by atoms with Crippen LogP contribution < -0.4 is 5.73 Å². The Morgan fingerprint density at radius 1 is 1.43 bits per heavy atom. The van der Waals surface area contributed by atoms with Gasteiger partial charge in [0.15, 0.2) is 0 Å². The minimum Gasteiger partial charge on any atom is -0.490 e. The Bertz CT molecular complexity index is 502. The number of fused-ring (bicyclic) bond motifs is 1. The molecule has 1 fully saturated rings. The van der Waals surface area contributed by atoms with Crippen molar-refractivity contribution in [3.05, 3.63) is 11.8 Å². The summed E-state index contributed by atoms with van der Waals surface area (Å²) < 4.78 is 5.21. The Morgan fingerprint density at radius 2 is 2.21 bits per heavy atom. The number of rotatable bonds is 1. The van der Waals surface area contributed by atoms with Crippen molar-refractivity contribution in [2.24, 2.45) is 0 Å². The Hall–Kier alpha value is -1.78. The molecule has 72 valence electrons. The van der Waals surface area contributed by atoms with Crippen LogP contribution in [-0.2, 0) is 0 Å². The maximum absolute atomic E-state index is 9.44. The lowest BCUT2D eigenvalue weighted by Crippen LogP contribution is -1.94. The van der Waals surface area contributed by atoms with Crippen LogP contribution in [0.2, 0.25) is 0 Å². The van der Waals surface area contributed by atoms with Gasteiger partial charge < -0.3 is 15.3 Å². The van der Waals surface area contributed by atoms with Crippen molar-refractivity contribution in [2.45, 2.75) is 18.8 Å². The number of nitrogen functional groups attached to an aromatic ring is 1. The van der Waals surface area contributed by atoms with Crippen molar-refractivity contribution in [1.82, 2.24) is 9.97 Å². The summed E-state index contributed by atoms with van der Waals surface area (Å²) in [6.45, 7) is 0. The first kappa shape index (κ1) is 7.61. The second-order valence-corrected chi connectivity index (χ2v) is 3.55. The zero-order valence-corrected chi connectivity index (χ0v) is 7.40. The molecule has 0 amide bonds. The lowest BCUT2D eigenvalue weighted by molar-refractivity contribution is 0.444. The number of hydrogen-bond donors (Lipinski definition) is 2. The molecule has 1 saturated carbocycles. The van der Waals surface area contributed by atoms with Crippen LogP contribution in [0, 0.1) is 0 Å². The van der Waals surface area contributed by atoms with Gasteiger partial charge in [0, 0.05) is 5.56 Å². The van der Waals surface area contributed by atoms with Crippen LogP contribution in [0.3, 0.4) is 0 Å². The van der Waals surface area contributed by atoms with E-state index in [9.17, 15) is 5.11 Å². The highest BCUT2D eigenvalue weighted by atomic mass is 16.4. The molecule has 3 N–H and O–H groups in total. The molecule has 1 aliphatic carbocycles. The van der Waals surface area contributed by atoms with Gasteiger partial charge in [-0.25, -0.2) is 4.98 Å². The number of aromatic hydroxyl groups is 1. The third-order valence-electron chi connectivity index (χ3n) is 2.46. The fraction of sp³-hybridized carbons (Fsp3) is 0.333. The third-order valence-corrected chi connectivity index (χ3v) is 2.46. The van der Waals surface area contributed by atoms with Crippen LogP contribution in [0.4, 0.5) is 5.95 Å². The van der Waals surface area contributed by atoms with Gasteiger partial charge in [-0.1, -0.05) is 0 Å². The van der Waals surface area contributed by atoms with Crippen LogP contribution in [0.5, 0.6) is 5.88 Å². The van der Waals surface area contributed by atoms with E-state index < -0.39 is 0 Å². The lowest BCUT2D eigenvalue weighted by Gasteiger charge is -1.95. The highest BCUT2D eigenvalue weighted by Gasteiger charge is 2.29. The zero-order valence-electron chi connectivity index (χ0n) is 7.40. The normalized spacial score (nSPS) is 16.3. The van der Waals surface area contributed by atoms with Crippen molar-refractivity contribution in [2.75, 3.05) is 5.73 Å². The van der Waals surface area contributed by atoms with Gasteiger partial charge in [-0.15, -0.1) is 0 Å². The molecule has 5 heteroatoms. The van der Waals surface area contributed by atoms with Crippen molar-refractivity contribution in [1.29, 1.82) is 0 Å². The summed E-state index contributed by atoms with van der Waals surface area (Å²) in [5.41, 5.74) is 7.47. The van der Waals surface area contributed by atoms with E-state index in [-0.39, 0.29) is 11.8 Å². The topological polar surface area (TPSA) is 85.2 Å². The van der Waals surface area contributed by atoms with E-state index in [4.69, 9.17) is 10.2 Å². The number of furan rings is 1. The third kappa shape index (κ3) is 0.951. The molecule has 5 nitrogen and oxygen atoms in total. The van der Waals surface area contributed by atoms with Crippen LogP contribution >= 0.6 is 0 Å². The molecule has 1 aliphatic rings. The number of nitrogens with zero attached hydrogens (tertiary/aromatic N) is 2. The molecular weight excluding hydrogens is 182 g/mol. The Labute approximate surface area is 79.6 Å². The van der Waals surface area contributed by atoms with Gasteiger partial charge in [-0.05, 0) is 18.8 Å². The second kappa shape index (κ2) is 2.37. The van der Waals surface area contributed by atoms with E-state index in [0.29, 0.717) is 17.0 Å². The van der Waals surface area contributed by atoms with Gasteiger partial charge in [-0.3, -0.25) is 0 Å². The molecule has 2 aromatic rings. The number of anilines is 1. The largest absolute Gasteiger partial charge is 0.490 e. The van der Waals surface area contributed by atoms with Crippen LogP contribution in [0.15, 0.2) is 10.7 Å². The first-order valence-electron chi connectivity index (χ1n) is 4.49. The number of aromatic nitrogens is 2. The molecule has 3 rings (SSSR count). The first-order chi connectivity index (χ1) is 6.75. The Morgan fingerprint density at radius 3 is 2.93 bits per heavy atom. The minimum absolute atomic E-state index is 0.0818. The van der Waals surface area contributed by atoms with Crippen molar-refractivity contribution < 1.29 is 9.52 Å². The van der Waals surface area contributed by atoms with E-state index in [1.807, 2.05) is 0 Å². The van der Waals surface area contributed by atoms with E-state index in [0.717, 1.165) is 18.4 Å². The fourth-order valence-corrected chi connectivity index (χ4v) is 1.62. The highest BCUT2D eigenvalue weighted by Crippen LogP contribution is 2.44. The van der Waals surface area contributed by atoms with Gasteiger partial charge >= 0.3 is 0 Å². The molecule has 0 bridgehead atoms. The van der Waals surface area contributed by atoms with Gasteiger partial charge in [-0.2, -0.15) is 4.98 Å². The summed E-state index contributed by atoms with van der Waals surface area (Å²) in [6.07, 6.45) is 3.94. The minimum atomic E-state index is -0.181. The Balaban J connectivity index is 2.33. The zero-order chi connectivity index (χ0) is 9.71. The predicted molar refractivity (Wildman–Crippen MR) is 49.9 cm³/mol. The summed E-state index contributed by atoms with van der Waals surface area (Å²) in [6, 6.07) is 0. The molecule has 0 aliphatic heterocycles. The van der Waals surface area contributed by atoms with Crippen LogP contribution in [-0.4, -0.2) is 15.1 Å². The SMILES string of the molecule is Nc1nc(O)c2occ(C3CC3)c2n1. The fourth-order valence-electron chi connectivity index (χ4n) is 1.62. The smallest absolute Gasteiger partial charge is 0.260 e. The van der Waals surface area contributed by atoms with Crippen LogP contribution in [0.1, 0.15) is 24.3 Å². The standard InChI is InChI=1S/C9H9N3O2/c10-9-11-6-5(4-1-2-4)3-14-7(6)8(13)12-9/h3-4H,1-2H2,(H3,10,11,12,13). The summed E-state index contributed by atoms with van der Waals surface area (Å²) in [5, 5.41) is 9.44. The van der Waals surface area contributed by atoms with E-state index in [1.54, 1.807) is 6.26 Å². The molecule has 2 heterocycles. The molecule has 2 aromatic heterocycles. The second-order valence-electron chi connectivity index (χ2n) is 3.55. The molecule has 0 saturated heterocycles. The summed E-state index contributed by atoms with van der Waals surface area (Å²) in [7, 11) is 0. The molecule has 0 spiro atoms. The number of hydrogen-bond acceptors (Lipinski definition) is 5. The van der Waals surface area contributed by atoms with Crippen molar-refractivity contribution in [3.63, 3.8) is 0 Å². The van der Waals surface area contributed by atoms with E-state index in [1.165, 1.54) is 0 Å². The average molecular weight is 191 g/mol. The summed E-state index contributed by atoms with van der Waals surface area (Å²) in [5.74, 6) is 0.419. The summed E-state index contributed by atoms with van der Waals surface area (Å²) >= 11 is 0. The van der Waals surface area contributed by atoms with Gasteiger partial charge in [0.25, 0.3) is 5.88 Å². The highest BCUT2D eigenvalue weighted by molar-refractivity contribution is 5.82. The maximum atomic E-state index is 9.44. The maximum Gasteiger partial charge on any atom is 0.260 e. The van der Waals surface area contributed by atoms with Crippen molar-refractivity contribution in [3.8, 4) is 5.88 Å². The molecular formula is C9H9N3O2. The van der Waals surface area contributed by atoms with Crippen LogP contribution in [0.25, 0.3) is 11.1 Å². The monoisotopic (exact) mass is 191 g/mol. The molecule has 0 unspecified atom stereocenters. The molecule has 0 aromatic carbocycles. The van der Waals surface area contributed by atoms with Gasteiger partial charge in [0.2, 0.25) is 11.5 Å². The van der Waals surface area contributed by atoms with Gasteiger partial charge in [0.1, 0.15) is 5.52 Å². The summed E-state index contributed by atoms with van der Waals surface area (Å²) in [4.78, 5) is 7.69. The van der Waals surface area contributed by atoms with E-state index >= 15 is 0 Å². The lowest BCUT2D eigenvalue weighted by atomic mass is 10.2. The quantitative estimate of drug-likeness (QED) is 0.711. The van der Waals surface area contributed by atoms with Crippen molar-refractivity contribution >= 4 is 17.0 Å².